The molecule has 3 fully saturated rings. The molecule has 10 heavy (non-hydrogen) atoms. The highest BCUT2D eigenvalue weighted by Gasteiger charge is 2.48. The van der Waals surface area contributed by atoms with Gasteiger partial charge in [0.05, 0.1) is 0 Å². The van der Waals surface area contributed by atoms with Crippen LogP contribution in [0.2, 0.25) is 0 Å². The summed E-state index contributed by atoms with van der Waals surface area (Å²) in [6.07, 6.45) is 1.72. The van der Waals surface area contributed by atoms with Crippen LogP contribution in [-0.2, 0) is 0 Å². The molecule has 2 bridgehead atoms. The normalized spacial score (nSPS) is 43.8. The Morgan fingerprint density at radius 2 is 2.10 bits per heavy atom. The van der Waals surface area contributed by atoms with Crippen LogP contribution in [0.25, 0.3) is 0 Å². The second-order valence-corrected chi connectivity index (χ2v) is 3.34. The molecule has 0 aromatic carbocycles. The van der Waals surface area contributed by atoms with Gasteiger partial charge in [-0.15, -0.1) is 0 Å². The van der Waals surface area contributed by atoms with E-state index in [4.69, 9.17) is 0 Å². The van der Waals surface area contributed by atoms with Crippen molar-refractivity contribution in [3.63, 3.8) is 0 Å². The fourth-order valence-electron chi connectivity index (χ4n) is 1.95. The molecular formula is C7H11F2N. The highest BCUT2D eigenvalue weighted by atomic mass is 19.3. The van der Waals surface area contributed by atoms with Gasteiger partial charge in [-0.2, -0.15) is 0 Å². The molecule has 1 saturated carbocycles. The lowest BCUT2D eigenvalue weighted by Crippen LogP contribution is -2.54. The number of alkyl halides is 2. The maximum absolute atomic E-state index is 12.9. The first-order chi connectivity index (χ1) is 4.68. The van der Waals surface area contributed by atoms with Crippen molar-refractivity contribution in [3.05, 3.63) is 0 Å². The third kappa shape index (κ3) is 0.839. The van der Waals surface area contributed by atoms with Gasteiger partial charge in [-0.25, -0.2) is 8.78 Å². The monoisotopic (exact) mass is 147 g/mol. The number of hydrogen-bond donors (Lipinski definition) is 1. The maximum atomic E-state index is 12.9. The first kappa shape index (κ1) is 6.53. The predicted molar refractivity (Wildman–Crippen MR) is 34.1 cm³/mol. The summed E-state index contributed by atoms with van der Waals surface area (Å²) in [5.41, 5.74) is 0. The van der Waals surface area contributed by atoms with Gasteiger partial charge in [-0.3, -0.25) is 0 Å². The number of rotatable bonds is 0. The zero-order valence-electron chi connectivity index (χ0n) is 5.74. The Hall–Kier alpha value is -0.180. The standard InChI is InChI=1S/C7H11F2N/c8-7(9)3-6-2-1-5(7)4-10-6/h5-6,10H,1-4H2. The fourth-order valence-corrected chi connectivity index (χ4v) is 1.95. The summed E-state index contributed by atoms with van der Waals surface area (Å²) >= 11 is 0. The van der Waals surface area contributed by atoms with E-state index in [-0.39, 0.29) is 18.4 Å². The number of nitrogens with one attached hydrogen (secondary N) is 1. The molecule has 0 radical (unpaired) electrons. The molecule has 0 aromatic rings. The minimum absolute atomic E-state index is 0.0671. The van der Waals surface area contributed by atoms with Crippen LogP contribution in [0.4, 0.5) is 8.78 Å². The molecule has 2 unspecified atom stereocenters. The quantitative estimate of drug-likeness (QED) is 0.546. The predicted octanol–water partition coefficient (Wildman–Crippen LogP) is 1.39. The van der Waals surface area contributed by atoms with Crippen molar-refractivity contribution >= 4 is 0 Å². The van der Waals surface area contributed by atoms with Gasteiger partial charge in [0.1, 0.15) is 0 Å². The molecule has 0 amide bonds. The van der Waals surface area contributed by atoms with E-state index in [0.717, 1.165) is 6.42 Å². The van der Waals surface area contributed by atoms with Crippen molar-refractivity contribution in [2.24, 2.45) is 5.92 Å². The molecule has 3 heteroatoms. The van der Waals surface area contributed by atoms with Gasteiger partial charge in [0, 0.05) is 24.9 Å². The van der Waals surface area contributed by atoms with Crippen LogP contribution in [-0.4, -0.2) is 18.5 Å². The van der Waals surface area contributed by atoms with Crippen molar-refractivity contribution in [2.45, 2.75) is 31.2 Å². The highest BCUT2D eigenvalue weighted by molar-refractivity contribution is 4.95. The Kier molecular flexibility index (Phi) is 1.24. The van der Waals surface area contributed by atoms with Gasteiger partial charge < -0.3 is 5.32 Å². The molecule has 0 spiro atoms. The Balaban J connectivity index is 2.15. The van der Waals surface area contributed by atoms with E-state index in [9.17, 15) is 8.78 Å². The van der Waals surface area contributed by atoms with E-state index < -0.39 is 5.92 Å². The molecule has 2 saturated heterocycles. The average Bonchev–Trinajstić information content (AvgIpc) is 1.87. The molecule has 3 rings (SSSR count). The Morgan fingerprint density at radius 1 is 1.30 bits per heavy atom. The smallest absolute Gasteiger partial charge is 0.253 e. The lowest BCUT2D eigenvalue weighted by atomic mass is 9.78. The van der Waals surface area contributed by atoms with Crippen LogP contribution in [0, 0.1) is 5.92 Å². The van der Waals surface area contributed by atoms with Gasteiger partial charge >= 0.3 is 0 Å². The molecule has 1 aliphatic carbocycles. The van der Waals surface area contributed by atoms with Crippen LogP contribution in [0.5, 0.6) is 0 Å². The van der Waals surface area contributed by atoms with E-state index in [1.54, 1.807) is 0 Å². The molecule has 58 valence electrons. The first-order valence-electron chi connectivity index (χ1n) is 3.80. The first-order valence-corrected chi connectivity index (χ1v) is 3.80. The third-order valence-electron chi connectivity index (χ3n) is 2.63. The van der Waals surface area contributed by atoms with E-state index in [2.05, 4.69) is 5.32 Å². The Bertz CT molecular complexity index is 139. The summed E-state index contributed by atoms with van der Waals surface area (Å²) in [5.74, 6) is -2.74. The second-order valence-electron chi connectivity index (χ2n) is 3.34. The maximum Gasteiger partial charge on any atom is 0.253 e. The number of halogens is 2. The average molecular weight is 147 g/mol. The molecule has 1 nitrogen and oxygen atoms in total. The molecule has 2 aliphatic heterocycles. The lowest BCUT2D eigenvalue weighted by Gasteiger charge is -2.42. The molecule has 3 aliphatic rings. The summed E-state index contributed by atoms with van der Waals surface area (Å²) in [6, 6.07) is 0.0972. The number of piperidine rings is 2. The summed E-state index contributed by atoms with van der Waals surface area (Å²) < 4.78 is 25.7. The SMILES string of the molecule is FC1(F)CC2CCC1CN2. The van der Waals surface area contributed by atoms with E-state index >= 15 is 0 Å². The van der Waals surface area contributed by atoms with Crippen LogP contribution < -0.4 is 5.32 Å². The third-order valence-corrected chi connectivity index (χ3v) is 2.63. The Labute approximate surface area is 58.8 Å². The minimum atomic E-state index is -2.37. The van der Waals surface area contributed by atoms with Gasteiger partial charge in [-0.05, 0) is 12.8 Å². The van der Waals surface area contributed by atoms with Crippen molar-refractivity contribution in [2.75, 3.05) is 6.54 Å². The van der Waals surface area contributed by atoms with Crippen molar-refractivity contribution in [1.29, 1.82) is 0 Å². The topological polar surface area (TPSA) is 12.0 Å². The van der Waals surface area contributed by atoms with Crippen LogP contribution in [0.3, 0.4) is 0 Å². The molecule has 0 aromatic heterocycles. The minimum Gasteiger partial charge on any atom is -0.313 e. The zero-order valence-corrected chi connectivity index (χ0v) is 5.74. The van der Waals surface area contributed by atoms with E-state index in [0.29, 0.717) is 13.0 Å². The van der Waals surface area contributed by atoms with Gasteiger partial charge in [0.15, 0.2) is 0 Å². The van der Waals surface area contributed by atoms with Gasteiger partial charge in [0.2, 0.25) is 0 Å². The summed E-state index contributed by atoms with van der Waals surface area (Å²) in [5, 5.41) is 3.09. The van der Waals surface area contributed by atoms with E-state index in [1.807, 2.05) is 0 Å². The van der Waals surface area contributed by atoms with Gasteiger partial charge in [0.25, 0.3) is 5.92 Å². The largest absolute Gasteiger partial charge is 0.313 e. The van der Waals surface area contributed by atoms with Crippen LogP contribution in [0.15, 0.2) is 0 Å². The summed E-state index contributed by atoms with van der Waals surface area (Å²) in [7, 11) is 0. The van der Waals surface area contributed by atoms with Crippen molar-refractivity contribution in [1.82, 2.24) is 5.32 Å². The Morgan fingerprint density at radius 3 is 2.30 bits per heavy atom. The van der Waals surface area contributed by atoms with E-state index in [1.165, 1.54) is 0 Å². The number of fused-ring (bicyclic) bond motifs is 3. The van der Waals surface area contributed by atoms with Crippen molar-refractivity contribution < 1.29 is 8.78 Å². The fraction of sp³-hybridized carbons (Fsp3) is 1.00. The zero-order chi connectivity index (χ0) is 7.19. The van der Waals surface area contributed by atoms with Crippen LogP contribution >= 0.6 is 0 Å². The molecular weight excluding hydrogens is 136 g/mol. The second kappa shape index (κ2) is 1.91. The summed E-state index contributed by atoms with van der Waals surface area (Å²) in [4.78, 5) is 0. The number of hydrogen-bond acceptors (Lipinski definition) is 1. The van der Waals surface area contributed by atoms with Crippen LogP contribution in [0.1, 0.15) is 19.3 Å². The highest BCUT2D eigenvalue weighted by Crippen LogP contribution is 2.41. The molecule has 2 heterocycles. The molecule has 1 N–H and O–H groups in total. The lowest BCUT2D eigenvalue weighted by molar-refractivity contribution is -0.115. The summed E-state index contributed by atoms with van der Waals surface area (Å²) in [6.45, 7) is 0.525. The van der Waals surface area contributed by atoms with Crippen molar-refractivity contribution in [3.8, 4) is 0 Å². The van der Waals surface area contributed by atoms with Gasteiger partial charge in [-0.1, -0.05) is 0 Å². The molecule has 2 atom stereocenters.